The van der Waals surface area contributed by atoms with E-state index < -0.39 is 5.97 Å². The number of ether oxygens (including phenoxy) is 1. The first-order chi connectivity index (χ1) is 9.93. The zero-order valence-corrected chi connectivity index (χ0v) is 12.8. The molecule has 1 rings (SSSR count). The van der Waals surface area contributed by atoms with E-state index in [0.717, 1.165) is 16.9 Å². The first kappa shape index (κ1) is 17.0. The monoisotopic (exact) mass is 293 g/mol. The summed E-state index contributed by atoms with van der Waals surface area (Å²) in [4.78, 5) is 22.5. The van der Waals surface area contributed by atoms with Crippen LogP contribution in [-0.4, -0.2) is 30.6 Å². The predicted molar refractivity (Wildman–Crippen MR) is 80.5 cm³/mol. The molecule has 2 N–H and O–H groups in total. The number of benzene rings is 1. The Kier molecular flexibility index (Phi) is 6.72. The van der Waals surface area contributed by atoms with Gasteiger partial charge in [-0.15, -0.1) is 0 Å². The van der Waals surface area contributed by atoms with E-state index >= 15 is 0 Å². The summed E-state index contributed by atoms with van der Waals surface area (Å²) < 4.78 is 5.23. The van der Waals surface area contributed by atoms with Crippen molar-refractivity contribution in [2.45, 2.75) is 33.1 Å². The minimum absolute atomic E-state index is 0.0658. The van der Waals surface area contributed by atoms with Gasteiger partial charge in [0.15, 0.2) is 0 Å². The molecule has 1 unspecified atom stereocenters. The highest BCUT2D eigenvalue weighted by molar-refractivity contribution is 5.78. The summed E-state index contributed by atoms with van der Waals surface area (Å²) >= 11 is 0. The third-order valence-corrected chi connectivity index (χ3v) is 3.39. The molecule has 0 aliphatic carbocycles. The van der Waals surface area contributed by atoms with Gasteiger partial charge in [-0.3, -0.25) is 9.59 Å². The number of hydrogen-bond acceptors (Lipinski definition) is 3. The van der Waals surface area contributed by atoms with Crippen molar-refractivity contribution in [2.24, 2.45) is 5.92 Å². The largest absolute Gasteiger partial charge is 0.496 e. The van der Waals surface area contributed by atoms with Crippen molar-refractivity contribution < 1.29 is 19.4 Å². The lowest BCUT2D eigenvalue weighted by atomic mass is 10.1. The van der Waals surface area contributed by atoms with E-state index in [1.54, 1.807) is 14.0 Å². The second-order valence-corrected chi connectivity index (χ2v) is 5.21. The standard InChI is InChI=1S/C16H23NO4/c1-11-6-7-13(9-14(11)21-3)10-15(18)17-8-4-5-12(2)16(19)20/h6-7,9,12H,4-5,8,10H2,1-3H3,(H,17,18)(H,19,20). The van der Waals surface area contributed by atoms with E-state index in [4.69, 9.17) is 9.84 Å². The van der Waals surface area contributed by atoms with Crippen LogP contribution in [0.3, 0.4) is 0 Å². The van der Waals surface area contributed by atoms with Crippen molar-refractivity contribution >= 4 is 11.9 Å². The van der Waals surface area contributed by atoms with Gasteiger partial charge in [0, 0.05) is 6.54 Å². The lowest BCUT2D eigenvalue weighted by molar-refractivity contribution is -0.141. The van der Waals surface area contributed by atoms with E-state index in [0.29, 0.717) is 25.8 Å². The number of amides is 1. The molecule has 0 saturated carbocycles. The third kappa shape index (κ3) is 5.85. The molecule has 5 heteroatoms. The number of aryl methyl sites for hydroxylation is 1. The number of carbonyl (C=O) groups is 2. The summed E-state index contributed by atoms with van der Waals surface area (Å²) in [5, 5.41) is 11.6. The van der Waals surface area contributed by atoms with Crippen molar-refractivity contribution in [2.75, 3.05) is 13.7 Å². The molecule has 1 aromatic carbocycles. The average Bonchev–Trinajstić information content (AvgIpc) is 2.45. The minimum atomic E-state index is -0.798. The number of carbonyl (C=O) groups excluding carboxylic acids is 1. The normalized spacial score (nSPS) is 11.8. The van der Waals surface area contributed by atoms with E-state index in [1.165, 1.54) is 0 Å². The summed E-state index contributed by atoms with van der Waals surface area (Å²) in [5.74, 6) is -0.462. The maximum atomic E-state index is 11.8. The quantitative estimate of drug-likeness (QED) is 0.720. The highest BCUT2D eigenvalue weighted by Crippen LogP contribution is 2.19. The number of hydrogen-bond donors (Lipinski definition) is 2. The van der Waals surface area contributed by atoms with E-state index in [-0.39, 0.29) is 11.8 Å². The van der Waals surface area contributed by atoms with Gasteiger partial charge in [-0.05, 0) is 37.0 Å². The molecule has 0 spiro atoms. The van der Waals surface area contributed by atoms with Gasteiger partial charge in [-0.1, -0.05) is 19.1 Å². The average molecular weight is 293 g/mol. The molecular weight excluding hydrogens is 270 g/mol. The summed E-state index contributed by atoms with van der Waals surface area (Å²) in [6.45, 7) is 4.12. The topological polar surface area (TPSA) is 75.6 Å². The van der Waals surface area contributed by atoms with Gasteiger partial charge >= 0.3 is 5.97 Å². The number of nitrogens with one attached hydrogen (secondary N) is 1. The Hall–Kier alpha value is -2.04. The third-order valence-electron chi connectivity index (χ3n) is 3.39. The van der Waals surface area contributed by atoms with E-state index in [1.807, 2.05) is 25.1 Å². The number of rotatable bonds is 8. The molecule has 21 heavy (non-hydrogen) atoms. The smallest absolute Gasteiger partial charge is 0.306 e. The van der Waals surface area contributed by atoms with Crippen LogP contribution < -0.4 is 10.1 Å². The van der Waals surface area contributed by atoms with Gasteiger partial charge in [0.2, 0.25) is 5.91 Å². The van der Waals surface area contributed by atoms with Gasteiger partial charge in [0.25, 0.3) is 0 Å². The van der Waals surface area contributed by atoms with Gasteiger partial charge < -0.3 is 15.2 Å². The predicted octanol–water partition coefficient (Wildman–Crippen LogP) is 2.16. The molecule has 0 aliphatic heterocycles. The lowest BCUT2D eigenvalue weighted by Gasteiger charge is -2.09. The SMILES string of the molecule is COc1cc(CC(=O)NCCCC(C)C(=O)O)ccc1C. The summed E-state index contributed by atoms with van der Waals surface area (Å²) in [5.41, 5.74) is 1.93. The number of methoxy groups -OCH3 is 1. The van der Waals surface area contributed by atoms with Gasteiger partial charge in [0.05, 0.1) is 19.4 Å². The zero-order chi connectivity index (χ0) is 15.8. The Balaban J connectivity index is 2.35. The molecule has 0 saturated heterocycles. The van der Waals surface area contributed by atoms with Crippen LogP contribution in [0.25, 0.3) is 0 Å². The van der Waals surface area contributed by atoms with Crippen molar-refractivity contribution in [3.8, 4) is 5.75 Å². The number of aliphatic carboxylic acids is 1. The fourth-order valence-electron chi connectivity index (χ4n) is 1.98. The van der Waals surface area contributed by atoms with Crippen LogP contribution in [0, 0.1) is 12.8 Å². The molecule has 116 valence electrons. The Morgan fingerprint density at radius 3 is 2.71 bits per heavy atom. The molecule has 0 aliphatic rings. The van der Waals surface area contributed by atoms with Crippen LogP contribution >= 0.6 is 0 Å². The molecule has 1 atom stereocenters. The van der Waals surface area contributed by atoms with Crippen LogP contribution in [0.4, 0.5) is 0 Å². The molecule has 1 aromatic rings. The number of carboxylic acid groups (broad SMARTS) is 1. The van der Waals surface area contributed by atoms with E-state index in [9.17, 15) is 9.59 Å². The molecule has 5 nitrogen and oxygen atoms in total. The molecule has 0 aromatic heterocycles. The van der Waals surface area contributed by atoms with Crippen LogP contribution in [0.15, 0.2) is 18.2 Å². The lowest BCUT2D eigenvalue weighted by Crippen LogP contribution is -2.26. The van der Waals surface area contributed by atoms with Crippen molar-refractivity contribution in [3.63, 3.8) is 0 Å². The second-order valence-electron chi connectivity index (χ2n) is 5.21. The zero-order valence-electron chi connectivity index (χ0n) is 12.8. The Bertz CT molecular complexity index is 499. The second kappa shape index (κ2) is 8.29. The van der Waals surface area contributed by atoms with Crippen LogP contribution in [0.1, 0.15) is 30.9 Å². The van der Waals surface area contributed by atoms with Crippen molar-refractivity contribution in [3.05, 3.63) is 29.3 Å². The van der Waals surface area contributed by atoms with Crippen LogP contribution in [0.5, 0.6) is 5.75 Å². The molecular formula is C16H23NO4. The number of carboxylic acids is 1. The molecule has 0 radical (unpaired) electrons. The van der Waals surface area contributed by atoms with Crippen LogP contribution in [0.2, 0.25) is 0 Å². The maximum absolute atomic E-state index is 11.8. The molecule has 1 amide bonds. The first-order valence-corrected chi connectivity index (χ1v) is 7.07. The molecule has 0 fully saturated rings. The first-order valence-electron chi connectivity index (χ1n) is 7.07. The molecule has 0 heterocycles. The highest BCUT2D eigenvalue weighted by Gasteiger charge is 2.10. The van der Waals surface area contributed by atoms with Gasteiger partial charge in [0.1, 0.15) is 5.75 Å². The van der Waals surface area contributed by atoms with Gasteiger partial charge in [-0.2, -0.15) is 0 Å². The summed E-state index contributed by atoms with van der Waals surface area (Å²) in [6, 6.07) is 5.70. The van der Waals surface area contributed by atoms with Crippen molar-refractivity contribution in [1.29, 1.82) is 0 Å². The Labute approximate surface area is 125 Å². The van der Waals surface area contributed by atoms with Gasteiger partial charge in [-0.25, -0.2) is 0 Å². The summed E-state index contributed by atoms with van der Waals surface area (Å²) in [6.07, 6.45) is 1.52. The van der Waals surface area contributed by atoms with E-state index in [2.05, 4.69) is 5.32 Å². The van der Waals surface area contributed by atoms with Crippen LogP contribution in [-0.2, 0) is 16.0 Å². The van der Waals surface area contributed by atoms with Crippen molar-refractivity contribution in [1.82, 2.24) is 5.32 Å². The molecule has 0 bridgehead atoms. The summed E-state index contributed by atoms with van der Waals surface area (Å²) in [7, 11) is 1.61. The Morgan fingerprint density at radius 2 is 2.10 bits per heavy atom. The maximum Gasteiger partial charge on any atom is 0.306 e. The Morgan fingerprint density at radius 1 is 1.38 bits per heavy atom. The minimum Gasteiger partial charge on any atom is -0.496 e. The fourth-order valence-corrected chi connectivity index (χ4v) is 1.98. The highest BCUT2D eigenvalue weighted by atomic mass is 16.5. The fraction of sp³-hybridized carbons (Fsp3) is 0.500.